The van der Waals surface area contributed by atoms with E-state index in [4.69, 9.17) is 14.7 Å². The van der Waals surface area contributed by atoms with Gasteiger partial charge in [0.1, 0.15) is 0 Å². The summed E-state index contributed by atoms with van der Waals surface area (Å²) in [6.07, 6.45) is -1.54. The van der Waals surface area contributed by atoms with E-state index < -0.39 is 39.1 Å². The lowest BCUT2D eigenvalue weighted by Crippen LogP contribution is -2.06. The second-order valence-electron chi connectivity index (χ2n) is 2.53. The quantitative estimate of drug-likeness (QED) is 0.559. The third kappa shape index (κ3) is 4.79. The Morgan fingerprint density at radius 3 is 1.80 bits per heavy atom. The number of carbonyl (C=O) groups excluding carboxylic acids is 2. The van der Waals surface area contributed by atoms with Crippen LogP contribution in [0.15, 0.2) is 0 Å². The topological polar surface area (TPSA) is 138 Å². The van der Waals surface area contributed by atoms with Crippen molar-refractivity contribution in [2.24, 2.45) is 0 Å². The van der Waals surface area contributed by atoms with Crippen molar-refractivity contribution in [3.63, 3.8) is 0 Å². The standard InChI is InChI=1S/C5H10O8P2/c1-13-15(11,12)5(7)3-2-4(6)14(8,9)10/h2-3H2,1H3,(H,11,12)(H2,8,9,10). The third-order valence-corrected chi connectivity index (χ3v) is 3.66. The highest BCUT2D eigenvalue weighted by atomic mass is 31.2. The van der Waals surface area contributed by atoms with Crippen LogP contribution in [0.2, 0.25) is 0 Å². The van der Waals surface area contributed by atoms with Crippen LogP contribution < -0.4 is 0 Å². The van der Waals surface area contributed by atoms with Gasteiger partial charge in [0.25, 0.3) is 0 Å². The fourth-order valence-corrected chi connectivity index (χ4v) is 1.60. The van der Waals surface area contributed by atoms with E-state index in [2.05, 4.69) is 4.52 Å². The second kappa shape index (κ2) is 5.12. The Morgan fingerprint density at radius 2 is 1.47 bits per heavy atom. The van der Waals surface area contributed by atoms with E-state index in [1.165, 1.54) is 0 Å². The molecule has 1 unspecified atom stereocenters. The predicted molar refractivity (Wildman–Crippen MR) is 48.1 cm³/mol. The van der Waals surface area contributed by atoms with Crippen LogP contribution in [-0.4, -0.2) is 32.8 Å². The van der Waals surface area contributed by atoms with Gasteiger partial charge >= 0.3 is 15.2 Å². The molecule has 0 saturated heterocycles. The largest absolute Gasteiger partial charge is 0.393 e. The molecule has 0 aliphatic carbocycles. The van der Waals surface area contributed by atoms with Gasteiger partial charge in [-0.2, -0.15) is 0 Å². The summed E-state index contributed by atoms with van der Waals surface area (Å²) in [6, 6.07) is 0. The van der Waals surface area contributed by atoms with Gasteiger partial charge in [-0.25, -0.2) is 0 Å². The lowest BCUT2D eigenvalue weighted by molar-refractivity contribution is -0.118. The first-order valence-corrected chi connectivity index (χ1v) is 6.81. The van der Waals surface area contributed by atoms with Crippen LogP contribution in [0.5, 0.6) is 0 Å². The van der Waals surface area contributed by atoms with Crippen molar-refractivity contribution in [2.45, 2.75) is 12.8 Å². The third-order valence-electron chi connectivity index (χ3n) is 1.44. The number of hydrogen-bond donors (Lipinski definition) is 3. The van der Waals surface area contributed by atoms with Crippen LogP contribution in [-0.2, 0) is 23.2 Å². The van der Waals surface area contributed by atoms with Crippen molar-refractivity contribution in [1.82, 2.24) is 0 Å². The Balaban J connectivity index is 4.32. The first kappa shape index (κ1) is 14.6. The van der Waals surface area contributed by atoms with Gasteiger partial charge in [0, 0.05) is 20.0 Å². The predicted octanol–water partition coefficient (Wildman–Crippen LogP) is -0.171. The number of carbonyl (C=O) groups is 2. The van der Waals surface area contributed by atoms with Crippen molar-refractivity contribution >= 4 is 26.2 Å². The Bertz CT molecular complexity index is 354. The lowest BCUT2D eigenvalue weighted by Gasteiger charge is -2.06. The molecule has 0 spiro atoms. The molecule has 88 valence electrons. The molecule has 0 aliphatic heterocycles. The fourth-order valence-electron chi connectivity index (χ4n) is 0.603. The van der Waals surface area contributed by atoms with Crippen LogP contribution in [0.3, 0.4) is 0 Å². The number of hydrogen-bond acceptors (Lipinski definition) is 5. The minimum atomic E-state index is -4.88. The van der Waals surface area contributed by atoms with Crippen molar-refractivity contribution in [1.29, 1.82) is 0 Å². The van der Waals surface area contributed by atoms with Crippen LogP contribution >= 0.6 is 15.2 Å². The lowest BCUT2D eigenvalue weighted by atomic mass is 10.4. The molecular formula is C5H10O8P2. The molecular weight excluding hydrogens is 250 g/mol. The smallest absolute Gasteiger partial charge is 0.319 e. The SMILES string of the molecule is COP(=O)(O)C(=O)CCC(=O)P(=O)(O)O. The molecule has 1 atom stereocenters. The first-order valence-electron chi connectivity index (χ1n) is 3.62. The molecule has 0 aliphatic rings. The maximum absolute atomic E-state index is 10.9. The summed E-state index contributed by atoms with van der Waals surface area (Å²) in [7, 11) is -8.46. The van der Waals surface area contributed by atoms with Crippen molar-refractivity contribution in [3.05, 3.63) is 0 Å². The zero-order valence-electron chi connectivity index (χ0n) is 7.69. The molecule has 0 bridgehead atoms. The highest BCUT2D eigenvalue weighted by Gasteiger charge is 2.32. The van der Waals surface area contributed by atoms with E-state index >= 15 is 0 Å². The molecule has 0 heterocycles. The van der Waals surface area contributed by atoms with Crippen LogP contribution in [0, 0.1) is 0 Å². The van der Waals surface area contributed by atoms with Gasteiger partial charge in [-0.3, -0.25) is 18.7 Å². The van der Waals surface area contributed by atoms with Gasteiger partial charge in [0.05, 0.1) is 0 Å². The Labute approximate surface area is 84.9 Å². The monoisotopic (exact) mass is 260 g/mol. The summed E-state index contributed by atoms with van der Waals surface area (Å²) >= 11 is 0. The molecule has 0 aromatic heterocycles. The molecule has 3 N–H and O–H groups in total. The van der Waals surface area contributed by atoms with E-state index in [0.29, 0.717) is 0 Å². The Morgan fingerprint density at radius 1 is 1.07 bits per heavy atom. The molecule has 10 heteroatoms. The van der Waals surface area contributed by atoms with E-state index in [0.717, 1.165) is 7.11 Å². The number of rotatable bonds is 6. The van der Waals surface area contributed by atoms with Crippen molar-refractivity contribution in [2.75, 3.05) is 7.11 Å². The summed E-state index contributed by atoms with van der Waals surface area (Å²) in [5, 5.41) is 0. The maximum atomic E-state index is 10.9. The highest BCUT2D eigenvalue weighted by molar-refractivity contribution is 7.71. The van der Waals surface area contributed by atoms with Gasteiger partial charge in [-0.05, 0) is 0 Å². The van der Waals surface area contributed by atoms with Gasteiger partial charge in [0.2, 0.25) is 11.0 Å². The zero-order chi connectivity index (χ0) is 12.3. The maximum Gasteiger partial charge on any atom is 0.393 e. The van der Waals surface area contributed by atoms with E-state index in [1.54, 1.807) is 0 Å². The Kier molecular flexibility index (Phi) is 4.99. The van der Waals surface area contributed by atoms with Gasteiger partial charge in [-0.1, -0.05) is 0 Å². The first-order chi connectivity index (χ1) is 6.61. The molecule has 0 fully saturated rings. The molecule has 0 aromatic rings. The summed E-state index contributed by atoms with van der Waals surface area (Å²) < 4.78 is 25.1. The fraction of sp³-hybridized carbons (Fsp3) is 0.600. The Hall–Kier alpha value is -0.360. The summed E-state index contributed by atoms with van der Waals surface area (Å²) in [4.78, 5) is 47.0. The highest BCUT2D eigenvalue weighted by Crippen LogP contribution is 2.44. The average Bonchev–Trinajstić information content (AvgIpc) is 2.11. The van der Waals surface area contributed by atoms with Crippen molar-refractivity contribution < 1.29 is 37.9 Å². The molecule has 15 heavy (non-hydrogen) atoms. The van der Waals surface area contributed by atoms with Gasteiger partial charge in [0.15, 0.2) is 0 Å². The minimum absolute atomic E-state index is 0.744. The van der Waals surface area contributed by atoms with Crippen LogP contribution in [0.25, 0.3) is 0 Å². The van der Waals surface area contributed by atoms with Gasteiger partial charge < -0.3 is 19.2 Å². The molecule has 8 nitrogen and oxygen atoms in total. The average molecular weight is 260 g/mol. The second-order valence-corrected chi connectivity index (χ2v) is 6.03. The molecule has 0 radical (unpaired) electrons. The summed E-state index contributed by atoms with van der Waals surface area (Å²) in [6.45, 7) is 0. The van der Waals surface area contributed by atoms with E-state index in [9.17, 15) is 18.7 Å². The molecule has 0 amide bonds. The summed E-state index contributed by atoms with van der Waals surface area (Å²) in [5.41, 5.74) is -2.71. The van der Waals surface area contributed by atoms with E-state index in [-0.39, 0.29) is 0 Å². The van der Waals surface area contributed by atoms with E-state index in [1.807, 2.05) is 0 Å². The van der Waals surface area contributed by atoms with Crippen LogP contribution in [0.4, 0.5) is 0 Å². The molecule has 0 rings (SSSR count). The normalized spacial score (nSPS) is 15.7. The summed E-state index contributed by atoms with van der Waals surface area (Å²) in [5.74, 6) is 0. The molecule has 0 saturated carbocycles. The minimum Gasteiger partial charge on any atom is -0.319 e. The van der Waals surface area contributed by atoms with Gasteiger partial charge in [-0.15, -0.1) is 0 Å². The zero-order valence-corrected chi connectivity index (χ0v) is 9.48. The van der Waals surface area contributed by atoms with Crippen molar-refractivity contribution in [3.8, 4) is 0 Å². The molecule has 0 aromatic carbocycles. The van der Waals surface area contributed by atoms with Crippen LogP contribution in [0.1, 0.15) is 12.8 Å².